The van der Waals surface area contributed by atoms with Gasteiger partial charge in [-0.3, -0.25) is 24.6 Å². The first-order valence-corrected chi connectivity index (χ1v) is 15.5. The van der Waals surface area contributed by atoms with Crippen molar-refractivity contribution in [2.75, 3.05) is 45.3 Å². The van der Waals surface area contributed by atoms with Gasteiger partial charge in [-0.2, -0.15) is 0 Å². The molecule has 0 bridgehead atoms. The Morgan fingerprint density at radius 3 is 2.76 bits per heavy atom. The van der Waals surface area contributed by atoms with E-state index < -0.39 is 11.5 Å². The summed E-state index contributed by atoms with van der Waals surface area (Å²) in [6, 6.07) is 9.05. The predicted octanol–water partition coefficient (Wildman–Crippen LogP) is 2.30. The van der Waals surface area contributed by atoms with Crippen molar-refractivity contribution in [3.8, 4) is 0 Å². The van der Waals surface area contributed by atoms with E-state index >= 15 is 0 Å². The molecular weight excluding hydrogens is 556 g/mol. The van der Waals surface area contributed by atoms with Crippen LogP contribution in [-0.2, 0) is 36.9 Å². The average molecular weight is 597 g/mol. The van der Waals surface area contributed by atoms with Gasteiger partial charge < -0.3 is 20.1 Å². The Morgan fingerprint density at radius 2 is 1.98 bits per heavy atom. The summed E-state index contributed by atoms with van der Waals surface area (Å²) < 4.78 is 10.7. The van der Waals surface area contributed by atoms with Gasteiger partial charge in [-0.15, -0.1) is 10.2 Å². The third-order valence-corrected chi connectivity index (χ3v) is 9.26. The van der Waals surface area contributed by atoms with Crippen LogP contribution in [0.25, 0.3) is 0 Å². The lowest BCUT2D eigenvalue weighted by molar-refractivity contribution is -0.140. The first kappa shape index (κ1) is 30.3. The fourth-order valence-electron chi connectivity index (χ4n) is 6.05. The van der Waals surface area contributed by atoms with Crippen LogP contribution in [0.2, 0.25) is 0 Å². The minimum absolute atomic E-state index is 0.0622. The molecule has 2 saturated heterocycles. The van der Waals surface area contributed by atoms with Gasteiger partial charge in [-0.1, -0.05) is 53.8 Å². The van der Waals surface area contributed by atoms with Gasteiger partial charge in [-0.05, 0) is 43.6 Å². The SMILES string of the molecule is COCc1nnc(NC(=O)CN2CC[C@@H]3NC(=O)[C@@H](Cc4ccccc4)NC(=O)C4(C/C=C/C[C@@H]3C2)CCOCC4)s1. The van der Waals surface area contributed by atoms with Gasteiger partial charge in [0.25, 0.3) is 0 Å². The second-order valence-corrected chi connectivity index (χ2v) is 12.5. The number of piperidine rings is 1. The molecule has 2 fully saturated rings. The number of rotatable bonds is 7. The molecule has 5 rings (SSSR count). The van der Waals surface area contributed by atoms with E-state index in [1.807, 2.05) is 30.3 Å². The van der Waals surface area contributed by atoms with Crippen LogP contribution in [-0.4, -0.2) is 84.9 Å². The summed E-state index contributed by atoms with van der Waals surface area (Å²) in [4.78, 5) is 42.4. The zero-order valence-corrected chi connectivity index (χ0v) is 24.9. The second kappa shape index (κ2) is 14.3. The molecule has 0 saturated carbocycles. The zero-order valence-electron chi connectivity index (χ0n) is 24.0. The Kier molecular flexibility index (Phi) is 10.3. The number of likely N-dealkylation sites (tertiary alicyclic amines) is 1. The van der Waals surface area contributed by atoms with Gasteiger partial charge in [0.2, 0.25) is 22.9 Å². The summed E-state index contributed by atoms with van der Waals surface area (Å²) in [5.41, 5.74) is 0.403. The van der Waals surface area contributed by atoms with Crippen LogP contribution in [0, 0.1) is 11.3 Å². The minimum Gasteiger partial charge on any atom is -0.381 e. The molecule has 2 aromatic rings. The number of ether oxygens (including phenoxy) is 2. The summed E-state index contributed by atoms with van der Waals surface area (Å²) in [5.74, 6) is -0.259. The number of nitrogens with zero attached hydrogens (tertiary/aromatic N) is 3. The van der Waals surface area contributed by atoms with E-state index in [2.05, 4.69) is 43.2 Å². The van der Waals surface area contributed by atoms with Crippen LogP contribution in [0.3, 0.4) is 0 Å². The molecule has 3 aliphatic heterocycles. The number of nitrogens with one attached hydrogen (secondary N) is 3. The molecule has 1 aromatic heterocycles. The molecule has 12 heteroatoms. The number of anilines is 1. The van der Waals surface area contributed by atoms with Gasteiger partial charge >= 0.3 is 0 Å². The predicted molar refractivity (Wildman–Crippen MR) is 159 cm³/mol. The maximum Gasteiger partial charge on any atom is 0.243 e. The minimum atomic E-state index is -0.678. The number of carbonyl (C=O) groups is 3. The molecule has 3 N–H and O–H groups in total. The summed E-state index contributed by atoms with van der Waals surface area (Å²) in [6.07, 6.45) is 7.99. The second-order valence-electron chi connectivity index (χ2n) is 11.4. The number of benzene rings is 1. The third-order valence-electron chi connectivity index (χ3n) is 8.44. The van der Waals surface area contributed by atoms with Crippen molar-refractivity contribution in [1.29, 1.82) is 0 Å². The number of aromatic nitrogens is 2. The van der Waals surface area contributed by atoms with E-state index in [1.54, 1.807) is 7.11 Å². The maximum absolute atomic E-state index is 13.8. The molecule has 42 heavy (non-hydrogen) atoms. The monoisotopic (exact) mass is 596 g/mol. The highest BCUT2D eigenvalue weighted by atomic mass is 32.1. The fourth-order valence-corrected chi connectivity index (χ4v) is 6.78. The normalized spacial score (nSPS) is 25.8. The van der Waals surface area contributed by atoms with Crippen molar-refractivity contribution < 1.29 is 23.9 Å². The van der Waals surface area contributed by atoms with Gasteiger partial charge in [0.15, 0.2) is 0 Å². The molecule has 3 aliphatic rings. The van der Waals surface area contributed by atoms with Crippen molar-refractivity contribution in [2.24, 2.45) is 11.3 Å². The fraction of sp³-hybridized carbons (Fsp3) is 0.567. The lowest BCUT2D eigenvalue weighted by Gasteiger charge is -2.40. The van der Waals surface area contributed by atoms with E-state index in [0.29, 0.717) is 75.2 Å². The van der Waals surface area contributed by atoms with Crippen LogP contribution in [0.1, 0.15) is 42.7 Å². The van der Waals surface area contributed by atoms with E-state index in [0.717, 1.165) is 12.0 Å². The van der Waals surface area contributed by atoms with Crippen molar-refractivity contribution in [3.63, 3.8) is 0 Å². The molecule has 0 radical (unpaired) electrons. The van der Waals surface area contributed by atoms with Gasteiger partial charge in [-0.25, -0.2) is 0 Å². The van der Waals surface area contributed by atoms with E-state index in [4.69, 9.17) is 9.47 Å². The maximum atomic E-state index is 13.8. The van der Waals surface area contributed by atoms with Crippen molar-refractivity contribution >= 4 is 34.2 Å². The quantitative estimate of drug-likeness (QED) is 0.415. The highest BCUT2D eigenvalue weighted by molar-refractivity contribution is 7.15. The number of carbonyl (C=O) groups excluding carboxylic acids is 3. The number of allylic oxidation sites excluding steroid dienone is 2. The molecule has 1 aromatic carbocycles. The molecule has 4 heterocycles. The molecule has 0 unspecified atom stereocenters. The summed E-state index contributed by atoms with van der Waals surface area (Å²) in [5, 5.41) is 18.5. The van der Waals surface area contributed by atoms with Crippen molar-refractivity contribution in [3.05, 3.63) is 53.1 Å². The molecular formula is C30H40N6O5S. The first-order chi connectivity index (χ1) is 20.4. The van der Waals surface area contributed by atoms with E-state index in [-0.39, 0.29) is 36.2 Å². The molecule has 11 nitrogen and oxygen atoms in total. The van der Waals surface area contributed by atoms with Crippen LogP contribution < -0.4 is 16.0 Å². The summed E-state index contributed by atoms with van der Waals surface area (Å²) >= 11 is 1.30. The van der Waals surface area contributed by atoms with Crippen LogP contribution in [0.15, 0.2) is 42.5 Å². The summed E-state index contributed by atoms with van der Waals surface area (Å²) in [7, 11) is 1.59. The third kappa shape index (κ3) is 7.80. The molecule has 3 atom stereocenters. The average Bonchev–Trinajstić information content (AvgIpc) is 3.43. The Bertz CT molecular complexity index is 1250. The zero-order chi connectivity index (χ0) is 29.4. The topological polar surface area (TPSA) is 135 Å². The van der Waals surface area contributed by atoms with E-state index in [1.165, 1.54) is 11.3 Å². The lowest BCUT2D eigenvalue weighted by Crippen LogP contribution is -2.58. The number of methoxy groups -OCH3 is 1. The van der Waals surface area contributed by atoms with Gasteiger partial charge in [0.05, 0.1) is 12.0 Å². The summed E-state index contributed by atoms with van der Waals surface area (Å²) in [6.45, 7) is 2.99. The van der Waals surface area contributed by atoms with Gasteiger partial charge in [0, 0.05) is 45.9 Å². The van der Waals surface area contributed by atoms with Crippen LogP contribution in [0.5, 0.6) is 0 Å². The first-order valence-electron chi connectivity index (χ1n) is 14.7. The number of fused-ring (bicyclic) bond motifs is 1. The van der Waals surface area contributed by atoms with E-state index in [9.17, 15) is 14.4 Å². The highest BCUT2D eigenvalue weighted by Crippen LogP contribution is 2.36. The number of hydrogen-bond donors (Lipinski definition) is 3. The highest BCUT2D eigenvalue weighted by Gasteiger charge is 2.41. The van der Waals surface area contributed by atoms with Crippen molar-refractivity contribution in [1.82, 2.24) is 25.7 Å². The Morgan fingerprint density at radius 1 is 1.17 bits per heavy atom. The van der Waals surface area contributed by atoms with Gasteiger partial charge in [0.1, 0.15) is 17.7 Å². The van der Waals surface area contributed by atoms with Crippen LogP contribution >= 0.6 is 11.3 Å². The molecule has 1 spiro atoms. The molecule has 3 amide bonds. The largest absolute Gasteiger partial charge is 0.381 e. The molecule has 0 aliphatic carbocycles. The number of amides is 3. The van der Waals surface area contributed by atoms with Crippen molar-refractivity contribution in [2.45, 2.75) is 57.2 Å². The Balaban J connectivity index is 1.29. The Labute approximate surface area is 250 Å². The number of hydrogen-bond acceptors (Lipinski definition) is 9. The standard InChI is InChI=1S/C30H40N6O5S/c1-40-20-26-34-35-29(42-26)33-25(37)19-36-14-10-23-22(18-36)9-5-6-11-30(12-15-41-16-13-30)28(39)32-24(27(38)31-23)17-21-7-3-2-4-8-21/h2-8,22-24H,9-20H2,1H3,(H,31,38)(H,32,39)(H,33,35,37)/b6-5+/t22-,23+,24-/m1/s1. The smallest absolute Gasteiger partial charge is 0.243 e. The Hall–Kier alpha value is -3.19. The lowest BCUT2D eigenvalue weighted by atomic mass is 9.75. The molecule has 226 valence electrons. The van der Waals surface area contributed by atoms with Crippen LogP contribution in [0.4, 0.5) is 5.13 Å².